The number of likely N-dealkylation sites (tertiary alicyclic amines) is 2. The number of furan rings is 1. The van der Waals surface area contributed by atoms with Gasteiger partial charge >= 0.3 is 0 Å². The van der Waals surface area contributed by atoms with Crippen molar-refractivity contribution in [2.24, 2.45) is 5.92 Å². The lowest BCUT2D eigenvalue weighted by Crippen LogP contribution is -2.48. The van der Waals surface area contributed by atoms with Crippen LogP contribution < -0.4 is 0 Å². The van der Waals surface area contributed by atoms with Gasteiger partial charge < -0.3 is 14.1 Å². The highest BCUT2D eigenvalue weighted by Gasteiger charge is 2.39. The van der Waals surface area contributed by atoms with E-state index in [4.69, 9.17) is 9.15 Å². The summed E-state index contributed by atoms with van der Waals surface area (Å²) < 4.78 is 10.4. The number of carbonyl (C=O) groups excluding carboxylic acids is 1. The van der Waals surface area contributed by atoms with Crippen LogP contribution in [0.5, 0.6) is 0 Å². The third kappa shape index (κ3) is 2.60. The summed E-state index contributed by atoms with van der Waals surface area (Å²) in [4.78, 5) is 16.8. The van der Waals surface area contributed by atoms with Crippen LogP contribution in [0, 0.1) is 5.92 Å². The summed E-state index contributed by atoms with van der Waals surface area (Å²) in [6, 6.07) is 4.13. The Hall–Kier alpha value is -1.33. The predicted molar refractivity (Wildman–Crippen MR) is 74.6 cm³/mol. The molecule has 2 aliphatic rings. The lowest BCUT2D eigenvalue weighted by Gasteiger charge is -2.37. The molecule has 0 N–H and O–H groups in total. The van der Waals surface area contributed by atoms with Gasteiger partial charge in [-0.25, -0.2) is 0 Å². The molecular weight excluding hydrogens is 256 g/mol. The number of nitrogens with zero attached hydrogens (tertiary/aromatic N) is 2. The maximum Gasteiger partial charge on any atom is 0.289 e. The molecule has 0 unspecified atom stereocenters. The van der Waals surface area contributed by atoms with Crippen LogP contribution in [-0.2, 0) is 4.74 Å². The highest BCUT2D eigenvalue weighted by molar-refractivity contribution is 5.91. The monoisotopic (exact) mass is 278 g/mol. The van der Waals surface area contributed by atoms with E-state index in [0.29, 0.717) is 17.7 Å². The van der Waals surface area contributed by atoms with E-state index >= 15 is 0 Å². The zero-order chi connectivity index (χ0) is 13.9. The number of hydrogen-bond acceptors (Lipinski definition) is 4. The van der Waals surface area contributed by atoms with E-state index in [1.807, 2.05) is 4.90 Å². The number of rotatable bonds is 4. The molecule has 110 valence electrons. The topological polar surface area (TPSA) is 45.9 Å². The normalized spacial score (nSPS) is 26.8. The molecule has 3 rings (SSSR count). The van der Waals surface area contributed by atoms with Gasteiger partial charge in [0.2, 0.25) is 0 Å². The first-order chi connectivity index (χ1) is 9.79. The van der Waals surface area contributed by atoms with Crippen molar-refractivity contribution in [1.82, 2.24) is 9.80 Å². The Bertz CT molecular complexity index is 446. The van der Waals surface area contributed by atoms with Crippen molar-refractivity contribution in [3.05, 3.63) is 24.2 Å². The summed E-state index contributed by atoms with van der Waals surface area (Å²) in [5, 5.41) is 0. The van der Waals surface area contributed by atoms with Crippen LogP contribution in [0.15, 0.2) is 22.8 Å². The molecule has 20 heavy (non-hydrogen) atoms. The molecule has 0 spiro atoms. The number of piperidine rings is 1. The summed E-state index contributed by atoms with van der Waals surface area (Å²) in [5.41, 5.74) is 0. The fraction of sp³-hybridized carbons (Fsp3) is 0.667. The number of methoxy groups -OCH3 is 1. The Labute approximate surface area is 119 Å². The Morgan fingerprint density at radius 3 is 3.10 bits per heavy atom. The van der Waals surface area contributed by atoms with E-state index in [-0.39, 0.29) is 5.91 Å². The average molecular weight is 278 g/mol. The third-order valence-corrected chi connectivity index (χ3v) is 4.55. The molecule has 1 aromatic rings. The molecule has 1 amide bonds. The van der Waals surface area contributed by atoms with Crippen molar-refractivity contribution in [1.29, 1.82) is 0 Å². The van der Waals surface area contributed by atoms with Crippen LogP contribution in [0.3, 0.4) is 0 Å². The van der Waals surface area contributed by atoms with E-state index in [0.717, 1.165) is 39.2 Å². The van der Waals surface area contributed by atoms with E-state index in [9.17, 15) is 4.79 Å². The molecule has 5 heteroatoms. The first-order valence-electron chi connectivity index (χ1n) is 7.35. The fourth-order valence-corrected chi connectivity index (χ4v) is 3.51. The highest BCUT2D eigenvalue weighted by Crippen LogP contribution is 2.31. The Morgan fingerprint density at radius 1 is 1.45 bits per heavy atom. The van der Waals surface area contributed by atoms with Crippen molar-refractivity contribution in [2.45, 2.75) is 18.9 Å². The summed E-state index contributed by atoms with van der Waals surface area (Å²) >= 11 is 0. The first-order valence-corrected chi connectivity index (χ1v) is 7.35. The van der Waals surface area contributed by atoms with Crippen molar-refractivity contribution in [3.63, 3.8) is 0 Å². The fourth-order valence-electron chi connectivity index (χ4n) is 3.51. The second-order valence-electron chi connectivity index (χ2n) is 5.66. The van der Waals surface area contributed by atoms with Gasteiger partial charge in [-0.2, -0.15) is 0 Å². The molecule has 0 radical (unpaired) electrons. The van der Waals surface area contributed by atoms with Crippen LogP contribution in [0.25, 0.3) is 0 Å². The van der Waals surface area contributed by atoms with Gasteiger partial charge in [0.25, 0.3) is 5.91 Å². The van der Waals surface area contributed by atoms with Crippen LogP contribution in [-0.4, -0.2) is 61.6 Å². The lowest BCUT2D eigenvalue weighted by atomic mass is 9.92. The van der Waals surface area contributed by atoms with Gasteiger partial charge in [-0.05, 0) is 37.4 Å². The third-order valence-electron chi connectivity index (χ3n) is 4.55. The second kappa shape index (κ2) is 5.97. The molecule has 0 aromatic carbocycles. The first kappa shape index (κ1) is 13.6. The van der Waals surface area contributed by atoms with Gasteiger partial charge in [-0.3, -0.25) is 9.69 Å². The predicted octanol–water partition coefficient (Wildman–Crippen LogP) is 1.46. The zero-order valence-corrected chi connectivity index (χ0v) is 12.0. The molecule has 2 atom stereocenters. The Morgan fingerprint density at radius 2 is 2.35 bits per heavy atom. The van der Waals surface area contributed by atoms with Gasteiger partial charge in [0.1, 0.15) is 0 Å². The largest absolute Gasteiger partial charge is 0.459 e. The molecule has 5 nitrogen and oxygen atoms in total. The van der Waals surface area contributed by atoms with E-state index in [1.54, 1.807) is 25.5 Å². The molecule has 2 fully saturated rings. The van der Waals surface area contributed by atoms with Gasteiger partial charge in [0.05, 0.1) is 12.9 Å². The van der Waals surface area contributed by atoms with Gasteiger partial charge in [0, 0.05) is 32.8 Å². The standard InChI is InChI=1S/C15H22N2O3/c1-19-10-8-16-6-4-12-11-17(7-5-13(12)16)15(18)14-3-2-9-20-14/h2-3,9,12-13H,4-8,10-11H2,1H3/t12-,13+/m1/s1. The van der Waals surface area contributed by atoms with Gasteiger partial charge in [-0.1, -0.05) is 0 Å². The highest BCUT2D eigenvalue weighted by atomic mass is 16.5. The summed E-state index contributed by atoms with van der Waals surface area (Å²) in [7, 11) is 1.75. The smallest absolute Gasteiger partial charge is 0.289 e. The Kier molecular flexibility index (Phi) is 4.08. The summed E-state index contributed by atoms with van der Waals surface area (Å²) in [6.45, 7) is 4.60. The number of ether oxygens (including phenoxy) is 1. The minimum Gasteiger partial charge on any atom is -0.459 e. The van der Waals surface area contributed by atoms with Crippen molar-refractivity contribution < 1.29 is 13.9 Å². The van der Waals surface area contributed by atoms with Crippen molar-refractivity contribution in [3.8, 4) is 0 Å². The molecule has 0 aliphatic carbocycles. The maximum absolute atomic E-state index is 12.3. The van der Waals surface area contributed by atoms with E-state index < -0.39 is 0 Å². The van der Waals surface area contributed by atoms with Crippen LogP contribution in [0.2, 0.25) is 0 Å². The van der Waals surface area contributed by atoms with Crippen molar-refractivity contribution >= 4 is 5.91 Å². The summed E-state index contributed by atoms with van der Waals surface area (Å²) in [5.74, 6) is 1.08. The molecule has 2 saturated heterocycles. The van der Waals surface area contributed by atoms with Crippen LogP contribution in [0.1, 0.15) is 23.4 Å². The zero-order valence-electron chi connectivity index (χ0n) is 12.0. The second-order valence-corrected chi connectivity index (χ2v) is 5.66. The van der Waals surface area contributed by atoms with Gasteiger partial charge in [-0.15, -0.1) is 0 Å². The average Bonchev–Trinajstić information content (AvgIpc) is 3.13. The van der Waals surface area contributed by atoms with Gasteiger partial charge in [0.15, 0.2) is 5.76 Å². The number of hydrogen-bond donors (Lipinski definition) is 0. The van der Waals surface area contributed by atoms with Crippen LogP contribution >= 0.6 is 0 Å². The molecule has 2 aliphatic heterocycles. The minimum absolute atomic E-state index is 0.0313. The molecule has 3 heterocycles. The summed E-state index contributed by atoms with van der Waals surface area (Å²) in [6.07, 6.45) is 3.79. The molecular formula is C15H22N2O3. The minimum atomic E-state index is 0.0313. The number of carbonyl (C=O) groups is 1. The van der Waals surface area contributed by atoms with E-state index in [1.165, 1.54) is 6.42 Å². The number of fused-ring (bicyclic) bond motifs is 1. The lowest BCUT2D eigenvalue weighted by molar-refractivity contribution is 0.0539. The van der Waals surface area contributed by atoms with E-state index in [2.05, 4.69) is 4.90 Å². The van der Waals surface area contributed by atoms with Crippen molar-refractivity contribution in [2.75, 3.05) is 39.9 Å². The molecule has 0 saturated carbocycles. The molecule has 0 bridgehead atoms. The Balaban J connectivity index is 1.59. The number of amides is 1. The SMILES string of the molecule is COCCN1CC[C@@H]2CN(C(=O)c3ccco3)CC[C@@H]21. The quantitative estimate of drug-likeness (QED) is 0.836. The molecule has 1 aromatic heterocycles. The maximum atomic E-state index is 12.3. The van der Waals surface area contributed by atoms with Crippen LogP contribution in [0.4, 0.5) is 0 Å².